The summed E-state index contributed by atoms with van der Waals surface area (Å²) in [6, 6.07) is 84.1. The van der Waals surface area contributed by atoms with E-state index < -0.39 is 16.9 Å². The summed E-state index contributed by atoms with van der Waals surface area (Å²) in [7, 11) is 0. The van der Waals surface area contributed by atoms with Crippen LogP contribution in [0.25, 0.3) is 22.3 Å². The molecule has 10 aromatic carbocycles. The van der Waals surface area contributed by atoms with E-state index in [-0.39, 0.29) is 37.3 Å². The van der Waals surface area contributed by atoms with Gasteiger partial charge in [0.1, 0.15) is 67.7 Å². The van der Waals surface area contributed by atoms with Crippen molar-refractivity contribution in [1.82, 2.24) is 0 Å². The highest BCUT2D eigenvalue weighted by atomic mass is 16.6. The van der Waals surface area contributed by atoms with E-state index in [1.54, 1.807) is 0 Å². The van der Waals surface area contributed by atoms with Gasteiger partial charge in [-0.25, -0.2) is 0 Å². The molecule has 16 rings (SSSR count). The molecule has 84 heavy (non-hydrogen) atoms. The molecule has 2 aliphatic heterocycles. The normalized spacial score (nSPS) is 22.0. The largest absolute Gasteiger partial charge is 0.491 e. The molecule has 0 saturated carbocycles. The van der Waals surface area contributed by atoms with Gasteiger partial charge in [0.2, 0.25) is 0 Å². The number of epoxide rings is 2. The monoisotopic (exact) mass is 1100 g/mol. The first-order valence-electron chi connectivity index (χ1n) is 29.9. The smallest absolute Gasteiger partial charge is 0.122 e. The molecule has 0 radical (unpaired) electrons. The molecule has 1 N–H and O–H groups in total. The zero-order chi connectivity index (χ0) is 55.8. The van der Waals surface area contributed by atoms with E-state index in [0.717, 1.165) is 50.4 Å². The molecule has 0 amide bonds. The summed E-state index contributed by atoms with van der Waals surface area (Å²) in [6.45, 7) is 2.76. The van der Waals surface area contributed by atoms with Gasteiger partial charge in [-0.1, -0.05) is 182 Å². The first kappa shape index (κ1) is 51.0. The van der Waals surface area contributed by atoms with E-state index in [4.69, 9.17) is 28.4 Å². The molecule has 0 spiro atoms. The van der Waals surface area contributed by atoms with E-state index in [2.05, 4.69) is 231 Å². The van der Waals surface area contributed by atoms with Crippen LogP contribution in [0.5, 0.6) is 23.0 Å². The van der Waals surface area contributed by atoms with E-state index in [0.29, 0.717) is 24.7 Å². The Hall–Kier alpha value is -8.72. The maximum atomic E-state index is 11.5. The average Bonchev–Trinajstić information content (AvgIpc) is 1.83. The van der Waals surface area contributed by atoms with Crippen LogP contribution >= 0.6 is 0 Å². The molecule has 6 aliphatic rings. The van der Waals surface area contributed by atoms with Crippen molar-refractivity contribution < 1.29 is 33.5 Å². The Labute approximate surface area is 491 Å². The third-order valence-electron chi connectivity index (χ3n) is 19.0. The van der Waals surface area contributed by atoms with Crippen molar-refractivity contribution in [3.05, 3.63) is 308 Å². The van der Waals surface area contributed by atoms with E-state index >= 15 is 0 Å². The topological polar surface area (TPSA) is 82.2 Å². The molecule has 7 nitrogen and oxygen atoms in total. The van der Waals surface area contributed by atoms with E-state index in [1.165, 1.54) is 100 Å². The van der Waals surface area contributed by atoms with Crippen molar-refractivity contribution in [2.24, 2.45) is 0 Å². The van der Waals surface area contributed by atoms with Crippen LogP contribution in [0.15, 0.2) is 231 Å². The molecule has 0 aromatic heterocycles. The Kier molecular flexibility index (Phi) is 12.7. The molecule has 2 heterocycles. The van der Waals surface area contributed by atoms with Gasteiger partial charge < -0.3 is 33.5 Å². The summed E-state index contributed by atoms with van der Waals surface area (Å²) in [4.78, 5) is 0. The lowest BCUT2D eigenvalue weighted by molar-refractivity contribution is 0.0626. The van der Waals surface area contributed by atoms with Crippen molar-refractivity contribution in [2.45, 2.75) is 66.7 Å². The number of rotatable bonds is 18. The van der Waals surface area contributed by atoms with Crippen molar-refractivity contribution in [3.63, 3.8) is 0 Å². The van der Waals surface area contributed by atoms with Crippen LogP contribution < -0.4 is 18.9 Å². The van der Waals surface area contributed by atoms with Gasteiger partial charge in [-0.3, -0.25) is 0 Å². The van der Waals surface area contributed by atoms with Crippen molar-refractivity contribution in [2.75, 3.05) is 39.6 Å². The third kappa shape index (κ3) is 8.91. The number of hydrogen-bond donors (Lipinski definition) is 1. The van der Waals surface area contributed by atoms with Gasteiger partial charge in [0.05, 0.1) is 13.2 Å². The van der Waals surface area contributed by atoms with Crippen molar-refractivity contribution in [3.8, 4) is 45.3 Å². The second-order valence-corrected chi connectivity index (χ2v) is 23.8. The van der Waals surface area contributed by atoms with Gasteiger partial charge in [-0.05, 0) is 174 Å². The summed E-state index contributed by atoms with van der Waals surface area (Å²) >= 11 is 0. The summed E-state index contributed by atoms with van der Waals surface area (Å²) < 4.78 is 36.0. The number of benzene rings is 10. The molecule has 4 aliphatic carbocycles. The van der Waals surface area contributed by atoms with Gasteiger partial charge in [-0.15, -0.1) is 0 Å². The lowest BCUT2D eigenvalue weighted by Crippen LogP contribution is -2.27. The predicted octanol–water partition coefficient (Wildman–Crippen LogP) is 14.9. The number of hydrogen-bond acceptors (Lipinski definition) is 7. The Bertz CT molecular complexity index is 3790. The van der Waals surface area contributed by atoms with Crippen LogP contribution in [0.2, 0.25) is 0 Å². The van der Waals surface area contributed by atoms with Crippen molar-refractivity contribution in [1.29, 1.82) is 0 Å². The van der Waals surface area contributed by atoms with Crippen LogP contribution in [0.4, 0.5) is 0 Å². The number of fused-ring (bicyclic) bond motifs is 10. The van der Waals surface area contributed by atoms with Crippen molar-refractivity contribution >= 4 is 0 Å². The molecule has 2 fully saturated rings. The fourth-order valence-corrected chi connectivity index (χ4v) is 14.9. The lowest BCUT2D eigenvalue weighted by atomic mass is 9.69. The molecule has 414 valence electrons. The Balaban J connectivity index is 0.673. The number of aliphatic hydroxyl groups excluding tert-OH is 1. The Morgan fingerprint density at radius 3 is 1.10 bits per heavy atom. The first-order chi connectivity index (χ1) is 41.5. The number of ether oxygens (including phenoxy) is 6. The van der Waals surface area contributed by atoms with Crippen LogP contribution in [0.1, 0.15) is 103 Å². The second kappa shape index (κ2) is 20.9. The maximum Gasteiger partial charge on any atom is 0.122 e. The minimum atomic E-state index is -0.877. The standard InChI is InChI=1S/C77H64O7/c78-59(43-79-60-29-21-55(22-30-60)76(57-25-33-62(34-26-57)81-45-64-47-83-64)41-68(49-11-3-1-4-12-49)74-70(76)37-19-53-39-51-15-7-9-17-66(51)72(53)74)44-80-61-31-23-56(24-32-61)77(58-27-35-63(36-28-58)82-46-65-48-84-65)42-69(50-13-5-2-6-14-50)75-71(77)38-20-54-40-52-16-8-10-18-67(52)73(54)75/h1-38,59,64-65,68-69,78H,39-48H2. The molecule has 10 aromatic rings. The molecule has 7 heteroatoms. The lowest BCUT2D eigenvalue weighted by Gasteiger charge is -2.33. The minimum absolute atomic E-state index is 0.0714. The third-order valence-corrected chi connectivity index (χ3v) is 19.0. The fourth-order valence-electron chi connectivity index (χ4n) is 14.9. The maximum absolute atomic E-state index is 11.5. The van der Waals surface area contributed by atoms with Gasteiger partial charge in [-0.2, -0.15) is 0 Å². The predicted molar refractivity (Wildman–Crippen MR) is 328 cm³/mol. The minimum Gasteiger partial charge on any atom is -0.491 e. The molecular formula is C77H64O7. The highest BCUT2D eigenvalue weighted by Gasteiger charge is 2.51. The molecule has 6 unspecified atom stereocenters. The van der Waals surface area contributed by atoms with Crippen LogP contribution in [-0.2, 0) is 33.1 Å². The zero-order valence-corrected chi connectivity index (χ0v) is 46.8. The SMILES string of the molecule is OC(COc1ccc(C2(c3ccc(OCC4CO4)cc3)CC(c3ccccc3)c3c2ccc2c3-c3ccccc3C2)cc1)COc1ccc(C2(c3ccc(OCC4CO4)cc3)CC(c3ccccc3)c3c2ccc2c3-c3ccccc3C2)cc1. The second-order valence-electron chi connectivity index (χ2n) is 23.8. The molecule has 2 saturated heterocycles. The van der Waals surface area contributed by atoms with Crippen LogP contribution in [0, 0.1) is 0 Å². The Morgan fingerprint density at radius 1 is 0.381 bits per heavy atom. The zero-order valence-electron chi connectivity index (χ0n) is 46.8. The van der Waals surface area contributed by atoms with Gasteiger partial charge in [0.15, 0.2) is 0 Å². The van der Waals surface area contributed by atoms with Gasteiger partial charge in [0, 0.05) is 22.7 Å². The molecule has 0 bridgehead atoms. The first-order valence-corrected chi connectivity index (χ1v) is 29.9. The summed E-state index contributed by atoms with van der Waals surface area (Å²) in [5.74, 6) is 3.37. The summed E-state index contributed by atoms with van der Waals surface area (Å²) in [5, 5.41) is 11.5. The average molecular weight is 1100 g/mol. The van der Waals surface area contributed by atoms with Crippen LogP contribution in [0.3, 0.4) is 0 Å². The Morgan fingerprint density at radius 2 is 0.726 bits per heavy atom. The fraction of sp³-hybridized carbons (Fsp3) is 0.221. The van der Waals surface area contributed by atoms with Gasteiger partial charge >= 0.3 is 0 Å². The van der Waals surface area contributed by atoms with Crippen LogP contribution in [-0.4, -0.2) is 63.1 Å². The number of aliphatic hydroxyl groups is 1. The highest BCUT2D eigenvalue weighted by Crippen LogP contribution is 2.62. The van der Waals surface area contributed by atoms with E-state index in [1.807, 2.05) is 0 Å². The quantitative estimate of drug-likeness (QED) is 0.0857. The highest BCUT2D eigenvalue weighted by molar-refractivity contribution is 5.85. The molecular weight excluding hydrogens is 1040 g/mol. The van der Waals surface area contributed by atoms with E-state index in [9.17, 15) is 5.11 Å². The summed E-state index contributed by atoms with van der Waals surface area (Å²) in [6.07, 6.45) is 3.07. The van der Waals surface area contributed by atoms with Gasteiger partial charge in [0.25, 0.3) is 0 Å². The summed E-state index contributed by atoms with van der Waals surface area (Å²) in [5.41, 5.74) is 23.0. The molecule has 6 atom stereocenters.